The van der Waals surface area contributed by atoms with Crippen molar-refractivity contribution in [2.24, 2.45) is 0 Å². The molecule has 2 aromatic carbocycles. The summed E-state index contributed by atoms with van der Waals surface area (Å²) >= 11 is 9.11. The second kappa shape index (κ2) is 7.09. The number of nitrogens with zero attached hydrogens (tertiary/aromatic N) is 1. The third-order valence-electron chi connectivity index (χ3n) is 4.01. The molecule has 0 radical (unpaired) electrons. The van der Waals surface area contributed by atoms with E-state index in [4.69, 9.17) is 16.3 Å². The number of anilines is 2. The lowest BCUT2D eigenvalue weighted by atomic mass is 10.1. The van der Waals surface area contributed by atoms with Gasteiger partial charge in [0.05, 0.1) is 5.69 Å². The van der Waals surface area contributed by atoms with Crippen molar-refractivity contribution in [2.75, 3.05) is 16.7 Å². The fourth-order valence-electron chi connectivity index (χ4n) is 2.61. The van der Waals surface area contributed by atoms with Crippen molar-refractivity contribution in [3.63, 3.8) is 0 Å². The average molecular weight is 460 g/mol. The molecule has 0 aromatic heterocycles. The van der Waals surface area contributed by atoms with Crippen molar-refractivity contribution in [3.05, 3.63) is 45.9 Å². The van der Waals surface area contributed by atoms with Gasteiger partial charge in [0.2, 0.25) is 0 Å². The molecule has 1 heterocycles. The molecule has 26 heavy (non-hydrogen) atoms. The molecule has 1 aliphatic rings. The van der Waals surface area contributed by atoms with Crippen LogP contribution in [-0.2, 0) is 14.8 Å². The van der Waals surface area contributed by atoms with Gasteiger partial charge in [-0.05, 0) is 52.7 Å². The summed E-state index contributed by atoms with van der Waals surface area (Å²) in [4.78, 5) is 13.7. The molecule has 0 fully saturated rings. The lowest BCUT2D eigenvalue weighted by Crippen LogP contribution is -2.43. The van der Waals surface area contributed by atoms with Gasteiger partial charge in [0, 0.05) is 28.3 Å². The number of amides is 1. The summed E-state index contributed by atoms with van der Waals surface area (Å²) in [5.41, 5.74) is 0.899. The molecule has 0 aliphatic carbocycles. The predicted molar refractivity (Wildman–Crippen MR) is 105 cm³/mol. The Balaban J connectivity index is 2.00. The summed E-state index contributed by atoms with van der Waals surface area (Å²) in [5.74, 6) is 0.181. The van der Waals surface area contributed by atoms with Crippen LogP contribution < -0.4 is 14.4 Å². The molecule has 3 rings (SSSR count). The molecular weight excluding hydrogens is 444 g/mol. The Hall–Kier alpha value is -1.77. The fraction of sp³-hybridized carbons (Fsp3) is 0.235. The minimum absolute atomic E-state index is 0.0174. The Morgan fingerprint density at radius 1 is 1.27 bits per heavy atom. The quantitative estimate of drug-likeness (QED) is 0.749. The SMILES string of the molecule is CCC1Oc2cc(S(=O)(=O)Nc3ccc(Cl)cc3)c(Br)cc2N(C)C1=O. The number of carbonyl (C=O) groups excluding carboxylic acids is 1. The number of rotatable bonds is 4. The number of sulfonamides is 1. The number of hydrogen-bond acceptors (Lipinski definition) is 4. The maximum atomic E-state index is 12.8. The number of hydrogen-bond donors (Lipinski definition) is 1. The van der Waals surface area contributed by atoms with Crippen molar-refractivity contribution in [1.82, 2.24) is 0 Å². The second-order valence-electron chi connectivity index (χ2n) is 5.77. The van der Waals surface area contributed by atoms with Crippen LogP contribution in [0.4, 0.5) is 11.4 Å². The largest absolute Gasteiger partial charge is 0.478 e. The van der Waals surface area contributed by atoms with Crippen molar-refractivity contribution >= 4 is 54.8 Å². The normalized spacial score (nSPS) is 16.8. The van der Waals surface area contributed by atoms with E-state index in [-0.39, 0.29) is 10.8 Å². The first kappa shape index (κ1) is 19.0. The van der Waals surface area contributed by atoms with Gasteiger partial charge in [0.25, 0.3) is 15.9 Å². The van der Waals surface area contributed by atoms with E-state index in [2.05, 4.69) is 20.7 Å². The number of nitrogens with one attached hydrogen (secondary N) is 1. The number of benzene rings is 2. The van der Waals surface area contributed by atoms with E-state index in [1.165, 1.54) is 11.0 Å². The first-order valence-electron chi connectivity index (χ1n) is 7.79. The van der Waals surface area contributed by atoms with Crippen LogP contribution in [0.15, 0.2) is 45.8 Å². The molecule has 138 valence electrons. The Bertz CT molecular complexity index is 963. The number of ether oxygens (including phenoxy) is 1. The zero-order valence-corrected chi connectivity index (χ0v) is 17.2. The van der Waals surface area contributed by atoms with Gasteiger partial charge in [-0.2, -0.15) is 0 Å². The smallest absolute Gasteiger partial charge is 0.267 e. The second-order valence-corrected chi connectivity index (χ2v) is 8.72. The minimum Gasteiger partial charge on any atom is -0.478 e. The van der Waals surface area contributed by atoms with Gasteiger partial charge in [0.1, 0.15) is 10.6 Å². The molecular formula is C17H16BrClN2O4S. The molecule has 2 aromatic rings. The van der Waals surface area contributed by atoms with Gasteiger partial charge in [0.15, 0.2) is 6.10 Å². The van der Waals surface area contributed by atoms with Crippen LogP contribution in [0.1, 0.15) is 13.3 Å². The van der Waals surface area contributed by atoms with Gasteiger partial charge in [-0.25, -0.2) is 8.42 Å². The van der Waals surface area contributed by atoms with E-state index in [9.17, 15) is 13.2 Å². The Morgan fingerprint density at radius 2 is 1.92 bits per heavy atom. The molecule has 0 saturated heterocycles. The lowest BCUT2D eigenvalue weighted by Gasteiger charge is -2.32. The van der Waals surface area contributed by atoms with Gasteiger partial charge in [-0.1, -0.05) is 18.5 Å². The van der Waals surface area contributed by atoms with Crippen LogP contribution >= 0.6 is 27.5 Å². The maximum absolute atomic E-state index is 12.8. The molecule has 1 aliphatic heterocycles. The standard InChI is InChI=1S/C17H16BrClN2O4S/c1-3-14-17(22)21(2)13-8-12(18)16(9-15(13)25-14)26(23,24)20-11-6-4-10(19)5-7-11/h4-9,14,20H,3H2,1-2H3. The fourth-order valence-corrected chi connectivity index (χ4v) is 4.84. The number of fused-ring (bicyclic) bond motifs is 1. The van der Waals surface area contributed by atoms with E-state index >= 15 is 0 Å². The minimum atomic E-state index is -3.87. The van der Waals surface area contributed by atoms with Crippen molar-refractivity contribution in [1.29, 1.82) is 0 Å². The van der Waals surface area contributed by atoms with E-state index in [0.717, 1.165) is 0 Å². The highest BCUT2D eigenvalue weighted by Gasteiger charge is 2.33. The van der Waals surface area contributed by atoms with Gasteiger partial charge < -0.3 is 9.64 Å². The summed E-state index contributed by atoms with van der Waals surface area (Å²) in [6.45, 7) is 1.83. The van der Waals surface area contributed by atoms with E-state index < -0.39 is 16.1 Å². The Kier molecular flexibility index (Phi) is 5.18. The monoisotopic (exact) mass is 458 g/mol. The predicted octanol–water partition coefficient (Wildman–Crippen LogP) is 4.04. The molecule has 0 spiro atoms. The Labute approximate surface area is 165 Å². The summed E-state index contributed by atoms with van der Waals surface area (Å²) in [6.07, 6.45) is -0.141. The first-order valence-corrected chi connectivity index (χ1v) is 10.4. The lowest BCUT2D eigenvalue weighted by molar-refractivity contribution is -0.126. The molecule has 6 nitrogen and oxygen atoms in total. The van der Waals surface area contributed by atoms with Crippen LogP contribution in [0.2, 0.25) is 5.02 Å². The van der Waals surface area contributed by atoms with Crippen LogP contribution in [0.5, 0.6) is 5.75 Å². The van der Waals surface area contributed by atoms with Crippen molar-refractivity contribution in [3.8, 4) is 5.75 Å². The summed E-state index contributed by atoms with van der Waals surface area (Å²) < 4.78 is 34.1. The molecule has 1 N–H and O–H groups in total. The van der Waals surface area contributed by atoms with Crippen molar-refractivity contribution < 1.29 is 17.9 Å². The molecule has 9 heteroatoms. The molecule has 0 bridgehead atoms. The highest BCUT2D eigenvalue weighted by atomic mass is 79.9. The highest BCUT2D eigenvalue weighted by Crippen LogP contribution is 2.40. The number of carbonyl (C=O) groups is 1. The van der Waals surface area contributed by atoms with Gasteiger partial charge in [-0.3, -0.25) is 9.52 Å². The average Bonchev–Trinajstić information content (AvgIpc) is 2.60. The summed E-state index contributed by atoms with van der Waals surface area (Å²) in [5, 5.41) is 0.509. The van der Waals surface area contributed by atoms with Gasteiger partial charge >= 0.3 is 0 Å². The molecule has 1 amide bonds. The topological polar surface area (TPSA) is 75.7 Å². The summed E-state index contributed by atoms with van der Waals surface area (Å²) in [7, 11) is -2.23. The third kappa shape index (κ3) is 3.54. The third-order valence-corrected chi connectivity index (χ3v) is 6.60. The van der Waals surface area contributed by atoms with Crippen LogP contribution in [-0.4, -0.2) is 27.5 Å². The van der Waals surface area contributed by atoms with Crippen LogP contribution in [0.3, 0.4) is 0 Å². The van der Waals surface area contributed by atoms with Crippen molar-refractivity contribution in [2.45, 2.75) is 24.3 Å². The maximum Gasteiger partial charge on any atom is 0.267 e. The zero-order chi connectivity index (χ0) is 19.1. The molecule has 0 saturated carbocycles. The Morgan fingerprint density at radius 3 is 2.54 bits per heavy atom. The van der Waals surface area contributed by atoms with E-state index in [1.807, 2.05) is 6.92 Å². The van der Waals surface area contributed by atoms with Gasteiger partial charge in [-0.15, -0.1) is 0 Å². The molecule has 1 unspecified atom stereocenters. The van der Waals surface area contributed by atoms with Crippen LogP contribution in [0, 0.1) is 0 Å². The molecule has 1 atom stereocenters. The first-order chi connectivity index (χ1) is 12.2. The highest BCUT2D eigenvalue weighted by molar-refractivity contribution is 9.10. The van der Waals surface area contributed by atoms with Crippen LogP contribution in [0.25, 0.3) is 0 Å². The van der Waals surface area contributed by atoms with E-state index in [0.29, 0.717) is 33.0 Å². The number of halogens is 2. The zero-order valence-electron chi connectivity index (χ0n) is 14.0. The van der Waals surface area contributed by atoms with E-state index in [1.54, 1.807) is 37.4 Å². The summed E-state index contributed by atoms with van der Waals surface area (Å²) in [6, 6.07) is 9.32. The number of likely N-dealkylation sites (N-methyl/N-ethyl adjacent to an activating group) is 1.